The number of hydrogen-bond donors (Lipinski definition) is 2. The molecule has 0 radical (unpaired) electrons. The molecule has 140 valence electrons. The van der Waals surface area contributed by atoms with Gasteiger partial charge in [-0.3, -0.25) is 0 Å². The van der Waals surface area contributed by atoms with Crippen LogP contribution >= 0.6 is 23.4 Å². The summed E-state index contributed by atoms with van der Waals surface area (Å²) < 4.78 is 0. The third kappa shape index (κ3) is 4.35. The average Bonchev–Trinajstić information content (AvgIpc) is 3.19. The number of nitrogens with zero attached hydrogens (tertiary/aromatic N) is 3. The van der Waals surface area contributed by atoms with E-state index in [2.05, 4.69) is 56.0 Å². The Morgan fingerprint density at radius 1 is 1.07 bits per heavy atom. The number of nitrogens with one attached hydrogen (secondary N) is 2. The number of H-pyrrole nitrogens is 1. The second-order valence-electron chi connectivity index (χ2n) is 6.22. The van der Waals surface area contributed by atoms with Gasteiger partial charge in [0.05, 0.1) is 5.71 Å². The summed E-state index contributed by atoms with van der Waals surface area (Å²) in [5.74, 6) is 1.21. The molecule has 0 spiro atoms. The lowest BCUT2D eigenvalue weighted by Crippen LogP contribution is -2.00. The molecule has 4 aromatic rings. The average molecular weight is 408 g/mol. The van der Waals surface area contributed by atoms with Crippen molar-refractivity contribution in [2.24, 2.45) is 5.10 Å². The Bertz CT molecular complexity index is 1140. The van der Waals surface area contributed by atoms with Crippen LogP contribution in [0.1, 0.15) is 18.1 Å². The Labute approximate surface area is 172 Å². The molecule has 1 heterocycles. The number of benzene rings is 3. The van der Waals surface area contributed by atoms with E-state index in [0.29, 0.717) is 16.9 Å². The van der Waals surface area contributed by atoms with Crippen molar-refractivity contribution in [2.45, 2.75) is 17.8 Å². The zero-order valence-corrected chi connectivity index (χ0v) is 16.8. The van der Waals surface area contributed by atoms with E-state index in [9.17, 15) is 0 Å². The molecule has 1 aromatic heterocycles. The van der Waals surface area contributed by atoms with Gasteiger partial charge < -0.3 is 0 Å². The molecule has 2 N–H and O–H groups in total. The second kappa shape index (κ2) is 8.46. The SMILES string of the molecule is C/C(=N\Nc1nc(SCc2ccccc2Cl)n[nH]1)c1ccc2ccccc2c1. The van der Waals surface area contributed by atoms with Crippen molar-refractivity contribution in [1.29, 1.82) is 0 Å². The molecule has 0 saturated heterocycles. The molecule has 0 aliphatic carbocycles. The Hall–Kier alpha value is -2.83. The number of fused-ring (bicyclic) bond motifs is 1. The summed E-state index contributed by atoms with van der Waals surface area (Å²) in [6.07, 6.45) is 0. The van der Waals surface area contributed by atoms with Crippen LogP contribution in [0.5, 0.6) is 0 Å². The van der Waals surface area contributed by atoms with Crippen LogP contribution in [-0.2, 0) is 5.75 Å². The molecule has 28 heavy (non-hydrogen) atoms. The molecule has 0 aliphatic heterocycles. The third-order valence-corrected chi connectivity index (χ3v) is 5.54. The number of hydrogen-bond acceptors (Lipinski definition) is 5. The van der Waals surface area contributed by atoms with Gasteiger partial charge >= 0.3 is 0 Å². The predicted octanol–water partition coefficient (Wildman–Crippen LogP) is 5.74. The molecule has 0 aliphatic rings. The van der Waals surface area contributed by atoms with Crippen LogP contribution in [0.4, 0.5) is 5.95 Å². The van der Waals surface area contributed by atoms with Gasteiger partial charge in [0.1, 0.15) is 0 Å². The van der Waals surface area contributed by atoms with Gasteiger partial charge in [0.2, 0.25) is 11.1 Å². The van der Waals surface area contributed by atoms with Gasteiger partial charge in [0.15, 0.2) is 0 Å². The van der Waals surface area contributed by atoms with Crippen LogP contribution in [0, 0.1) is 0 Å². The standard InChI is InChI=1S/C21H18ClN5S/c1-14(16-11-10-15-6-2-3-7-17(15)12-16)24-25-20-23-21(27-26-20)28-13-18-8-4-5-9-19(18)22/h2-12H,13H2,1H3,(H2,23,25,26,27)/b24-14+. The van der Waals surface area contributed by atoms with Crippen molar-refractivity contribution in [1.82, 2.24) is 15.2 Å². The molecular formula is C21H18ClN5S. The number of anilines is 1. The van der Waals surface area contributed by atoms with Crippen LogP contribution < -0.4 is 5.43 Å². The van der Waals surface area contributed by atoms with Gasteiger partial charge in [-0.2, -0.15) is 10.1 Å². The van der Waals surface area contributed by atoms with E-state index in [1.54, 1.807) is 0 Å². The smallest absolute Gasteiger partial charge is 0.240 e. The highest BCUT2D eigenvalue weighted by atomic mass is 35.5. The number of halogens is 1. The minimum absolute atomic E-state index is 0.502. The van der Waals surface area contributed by atoms with Crippen LogP contribution in [0.25, 0.3) is 10.8 Å². The molecule has 3 aromatic carbocycles. The Morgan fingerprint density at radius 3 is 2.71 bits per heavy atom. The first-order valence-corrected chi connectivity index (χ1v) is 10.1. The first kappa shape index (κ1) is 18.5. The maximum Gasteiger partial charge on any atom is 0.240 e. The minimum Gasteiger partial charge on any atom is -0.245 e. The summed E-state index contributed by atoms with van der Waals surface area (Å²) in [4.78, 5) is 4.41. The minimum atomic E-state index is 0.502. The van der Waals surface area contributed by atoms with E-state index in [1.165, 1.54) is 22.5 Å². The number of hydrazone groups is 1. The number of thioether (sulfide) groups is 1. The maximum absolute atomic E-state index is 6.18. The van der Waals surface area contributed by atoms with Gasteiger partial charge in [-0.25, -0.2) is 10.5 Å². The van der Waals surface area contributed by atoms with E-state index in [0.717, 1.165) is 21.9 Å². The summed E-state index contributed by atoms with van der Waals surface area (Å²) >= 11 is 7.70. The van der Waals surface area contributed by atoms with E-state index in [-0.39, 0.29) is 0 Å². The highest BCUT2D eigenvalue weighted by Crippen LogP contribution is 2.24. The molecule has 0 unspecified atom stereocenters. The van der Waals surface area contributed by atoms with Gasteiger partial charge in [0.25, 0.3) is 0 Å². The first-order valence-electron chi connectivity index (χ1n) is 8.77. The summed E-state index contributed by atoms with van der Waals surface area (Å²) in [5, 5.41) is 15.3. The van der Waals surface area contributed by atoms with Gasteiger partial charge in [-0.05, 0) is 41.0 Å². The van der Waals surface area contributed by atoms with E-state index < -0.39 is 0 Å². The lowest BCUT2D eigenvalue weighted by Gasteiger charge is -2.03. The highest BCUT2D eigenvalue weighted by Gasteiger charge is 2.06. The molecule has 0 bridgehead atoms. The van der Waals surface area contributed by atoms with E-state index in [1.807, 2.05) is 43.3 Å². The predicted molar refractivity (Wildman–Crippen MR) is 117 cm³/mol. The zero-order chi connectivity index (χ0) is 19.3. The molecule has 4 rings (SSSR count). The Morgan fingerprint density at radius 2 is 1.86 bits per heavy atom. The van der Waals surface area contributed by atoms with Gasteiger partial charge in [0, 0.05) is 10.8 Å². The van der Waals surface area contributed by atoms with Crippen molar-refractivity contribution in [3.63, 3.8) is 0 Å². The molecule has 0 amide bonds. The van der Waals surface area contributed by atoms with Crippen molar-refractivity contribution < 1.29 is 0 Å². The third-order valence-electron chi connectivity index (χ3n) is 4.28. The quantitative estimate of drug-likeness (QED) is 0.243. The normalized spacial score (nSPS) is 11.7. The molecule has 0 saturated carbocycles. The largest absolute Gasteiger partial charge is 0.245 e. The molecule has 0 atom stereocenters. The number of rotatable bonds is 6. The van der Waals surface area contributed by atoms with E-state index >= 15 is 0 Å². The summed E-state index contributed by atoms with van der Waals surface area (Å²) in [7, 11) is 0. The summed E-state index contributed by atoms with van der Waals surface area (Å²) in [6.45, 7) is 1.96. The molecule has 0 fully saturated rings. The van der Waals surface area contributed by atoms with Crippen LogP contribution in [0.2, 0.25) is 5.02 Å². The highest BCUT2D eigenvalue weighted by molar-refractivity contribution is 7.98. The van der Waals surface area contributed by atoms with Crippen molar-refractivity contribution in [2.75, 3.05) is 5.43 Å². The van der Waals surface area contributed by atoms with Crippen LogP contribution in [0.3, 0.4) is 0 Å². The Balaban J connectivity index is 1.40. The van der Waals surface area contributed by atoms with Crippen molar-refractivity contribution in [3.05, 3.63) is 82.9 Å². The fourth-order valence-electron chi connectivity index (χ4n) is 2.73. The molecule has 7 heteroatoms. The fourth-order valence-corrected chi connectivity index (χ4v) is 3.82. The molecule has 5 nitrogen and oxygen atoms in total. The van der Waals surface area contributed by atoms with Gasteiger partial charge in [-0.15, -0.1) is 5.10 Å². The lowest BCUT2D eigenvalue weighted by atomic mass is 10.0. The second-order valence-corrected chi connectivity index (χ2v) is 7.57. The zero-order valence-electron chi connectivity index (χ0n) is 15.2. The first-order chi connectivity index (χ1) is 13.7. The number of aromatic nitrogens is 3. The lowest BCUT2D eigenvalue weighted by molar-refractivity contribution is 0.972. The topological polar surface area (TPSA) is 66.0 Å². The van der Waals surface area contributed by atoms with E-state index in [4.69, 9.17) is 11.6 Å². The summed E-state index contributed by atoms with van der Waals surface area (Å²) in [5.41, 5.74) is 5.92. The Kier molecular flexibility index (Phi) is 5.60. The van der Waals surface area contributed by atoms with Crippen LogP contribution in [0.15, 0.2) is 77.0 Å². The number of aromatic amines is 1. The van der Waals surface area contributed by atoms with Crippen LogP contribution in [-0.4, -0.2) is 20.9 Å². The maximum atomic E-state index is 6.18. The monoisotopic (exact) mass is 407 g/mol. The fraction of sp³-hybridized carbons (Fsp3) is 0.0952. The van der Waals surface area contributed by atoms with Crippen molar-refractivity contribution >= 4 is 45.8 Å². The van der Waals surface area contributed by atoms with Crippen molar-refractivity contribution in [3.8, 4) is 0 Å². The summed E-state index contributed by atoms with van der Waals surface area (Å²) in [6, 6.07) is 22.3. The molecular weight excluding hydrogens is 390 g/mol. The van der Waals surface area contributed by atoms with Gasteiger partial charge in [-0.1, -0.05) is 78.0 Å².